The van der Waals surface area contributed by atoms with Gasteiger partial charge in [0.25, 0.3) is 11.7 Å². The lowest BCUT2D eigenvalue weighted by Gasteiger charge is -1.93. The zero-order valence-corrected chi connectivity index (χ0v) is 7.84. The van der Waals surface area contributed by atoms with Gasteiger partial charge >= 0.3 is 5.97 Å². The van der Waals surface area contributed by atoms with E-state index in [9.17, 15) is 4.79 Å². The van der Waals surface area contributed by atoms with Gasteiger partial charge in [0.15, 0.2) is 0 Å². The first-order chi connectivity index (χ1) is 7.16. The lowest BCUT2D eigenvalue weighted by molar-refractivity contribution is 0.0680. The Kier molecular flexibility index (Phi) is 2.17. The first-order valence-corrected chi connectivity index (χ1v) is 4.17. The molecule has 2 rings (SSSR count). The summed E-state index contributed by atoms with van der Waals surface area (Å²) in [6.45, 7) is 1.85. The fourth-order valence-electron chi connectivity index (χ4n) is 1.02. The molecule has 0 aliphatic heterocycles. The standard InChI is InChI=1S/C9H7N3O3/c1-5-2-3-6(4-10-5)8-11-7(9(13)14)12-15-8/h2-4H,1H3,(H,13,14). The van der Waals surface area contributed by atoms with Crippen LogP contribution in [0.2, 0.25) is 0 Å². The van der Waals surface area contributed by atoms with Crippen LogP contribution in [0.25, 0.3) is 11.5 Å². The van der Waals surface area contributed by atoms with Crippen molar-refractivity contribution in [2.75, 3.05) is 0 Å². The number of rotatable bonds is 2. The quantitative estimate of drug-likeness (QED) is 0.790. The van der Waals surface area contributed by atoms with Crippen molar-refractivity contribution in [2.24, 2.45) is 0 Å². The lowest BCUT2D eigenvalue weighted by atomic mass is 10.2. The average molecular weight is 205 g/mol. The van der Waals surface area contributed by atoms with E-state index in [4.69, 9.17) is 9.63 Å². The Hall–Kier alpha value is -2.24. The minimum Gasteiger partial charge on any atom is -0.475 e. The number of carboxylic acids is 1. The highest BCUT2D eigenvalue weighted by molar-refractivity contribution is 5.83. The number of aryl methyl sites for hydroxylation is 1. The molecule has 0 aromatic carbocycles. The van der Waals surface area contributed by atoms with Gasteiger partial charge in [-0.1, -0.05) is 0 Å². The second-order valence-corrected chi connectivity index (χ2v) is 2.92. The highest BCUT2D eigenvalue weighted by Gasteiger charge is 2.13. The summed E-state index contributed by atoms with van der Waals surface area (Å²) in [6, 6.07) is 3.52. The van der Waals surface area contributed by atoms with Gasteiger partial charge in [-0.2, -0.15) is 4.98 Å². The molecule has 0 aliphatic carbocycles. The van der Waals surface area contributed by atoms with Crippen molar-refractivity contribution in [2.45, 2.75) is 6.92 Å². The van der Waals surface area contributed by atoms with E-state index in [1.54, 1.807) is 18.3 Å². The summed E-state index contributed by atoms with van der Waals surface area (Å²) in [5.74, 6) is -1.42. The molecule has 0 unspecified atom stereocenters. The number of hydrogen-bond acceptors (Lipinski definition) is 5. The van der Waals surface area contributed by atoms with Crippen LogP contribution in [0.3, 0.4) is 0 Å². The molecule has 0 radical (unpaired) electrons. The Morgan fingerprint density at radius 2 is 2.27 bits per heavy atom. The number of aromatic nitrogens is 3. The molecular formula is C9H7N3O3. The summed E-state index contributed by atoms with van der Waals surface area (Å²) in [4.78, 5) is 18.2. The molecule has 0 spiro atoms. The summed E-state index contributed by atoms with van der Waals surface area (Å²) in [6.07, 6.45) is 1.55. The van der Waals surface area contributed by atoms with Gasteiger partial charge in [0.05, 0.1) is 5.56 Å². The van der Waals surface area contributed by atoms with Crippen LogP contribution >= 0.6 is 0 Å². The predicted molar refractivity (Wildman–Crippen MR) is 49.2 cm³/mol. The number of pyridine rings is 1. The van der Waals surface area contributed by atoms with Crippen LogP contribution in [-0.4, -0.2) is 26.2 Å². The molecule has 0 saturated heterocycles. The van der Waals surface area contributed by atoms with E-state index in [0.717, 1.165) is 5.69 Å². The van der Waals surface area contributed by atoms with E-state index >= 15 is 0 Å². The number of aromatic carboxylic acids is 1. The maximum Gasteiger partial charge on any atom is 0.377 e. The molecule has 15 heavy (non-hydrogen) atoms. The van der Waals surface area contributed by atoms with Crippen molar-refractivity contribution in [3.63, 3.8) is 0 Å². The van der Waals surface area contributed by atoms with Crippen molar-refractivity contribution in [3.05, 3.63) is 29.8 Å². The first kappa shape index (κ1) is 9.32. The van der Waals surface area contributed by atoms with E-state index in [-0.39, 0.29) is 11.7 Å². The number of carboxylic acid groups (broad SMARTS) is 1. The van der Waals surface area contributed by atoms with Crippen LogP contribution in [-0.2, 0) is 0 Å². The largest absolute Gasteiger partial charge is 0.475 e. The molecule has 0 aliphatic rings. The van der Waals surface area contributed by atoms with E-state index in [2.05, 4.69) is 15.1 Å². The topological polar surface area (TPSA) is 89.1 Å². The smallest absolute Gasteiger partial charge is 0.377 e. The molecule has 2 heterocycles. The second-order valence-electron chi connectivity index (χ2n) is 2.92. The van der Waals surface area contributed by atoms with Gasteiger partial charge in [-0.05, 0) is 24.2 Å². The second kappa shape index (κ2) is 3.49. The van der Waals surface area contributed by atoms with Crippen molar-refractivity contribution < 1.29 is 14.4 Å². The average Bonchev–Trinajstić information content (AvgIpc) is 2.68. The molecule has 76 valence electrons. The van der Waals surface area contributed by atoms with Gasteiger partial charge in [-0.3, -0.25) is 4.98 Å². The monoisotopic (exact) mass is 205 g/mol. The Morgan fingerprint density at radius 3 is 2.80 bits per heavy atom. The van der Waals surface area contributed by atoms with Crippen LogP contribution in [0.5, 0.6) is 0 Å². The molecule has 0 saturated carbocycles. The Morgan fingerprint density at radius 1 is 1.47 bits per heavy atom. The van der Waals surface area contributed by atoms with E-state index in [1.807, 2.05) is 6.92 Å². The summed E-state index contributed by atoms with van der Waals surface area (Å²) in [5.41, 5.74) is 1.46. The number of carbonyl (C=O) groups is 1. The minimum atomic E-state index is -1.22. The molecule has 6 nitrogen and oxygen atoms in total. The van der Waals surface area contributed by atoms with Crippen molar-refractivity contribution in [1.29, 1.82) is 0 Å². The zero-order chi connectivity index (χ0) is 10.8. The summed E-state index contributed by atoms with van der Waals surface area (Å²) < 4.78 is 4.77. The van der Waals surface area contributed by atoms with E-state index < -0.39 is 5.97 Å². The van der Waals surface area contributed by atoms with Gasteiger partial charge in [0.1, 0.15) is 0 Å². The zero-order valence-electron chi connectivity index (χ0n) is 7.84. The molecular weight excluding hydrogens is 198 g/mol. The molecule has 6 heteroatoms. The third-order valence-corrected chi connectivity index (χ3v) is 1.78. The van der Waals surface area contributed by atoms with Gasteiger partial charge in [0.2, 0.25) is 0 Å². The third-order valence-electron chi connectivity index (χ3n) is 1.78. The van der Waals surface area contributed by atoms with Crippen LogP contribution in [0.4, 0.5) is 0 Å². The number of nitrogens with zero attached hydrogens (tertiary/aromatic N) is 3. The highest BCUT2D eigenvalue weighted by atomic mass is 16.5. The Balaban J connectivity index is 2.37. The molecule has 0 bridgehead atoms. The van der Waals surface area contributed by atoms with Crippen molar-refractivity contribution in [1.82, 2.24) is 15.1 Å². The molecule has 1 N–H and O–H groups in total. The van der Waals surface area contributed by atoms with Crippen LogP contribution in [0, 0.1) is 6.92 Å². The minimum absolute atomic E-state index is 0.153. The molecule has 0 atom stereocenters. The van der Waals surface area contributed by atoms with E-state index in [1.165, 1.54) is 0 Å². The van der Waals surface area contributed by atoms with Gasteiger partial charge < -0.3 is 9.63 Å². The molecule has 2 aromatic heterocycles. The predicted octanol–water partition coefficient (Wildman–Crippen LogP) is 1.14. The van der Waals surface area contributed by atoms with Crippen molar-refractivity contribution in [3.8, 4) is 11.5 Å². The summed E-state index contributed by atoms with van der Waals surface area (Å²) in [7, 11) is 0. The van der Waals surface area contributed by atoms with Crippen LogP contribution in [0.15, 0.2) is 22.9 Å². The maximum absolute atomic E-state index is 10.5. The first-order valence-electron chi connectivity index (χ1n) is 4.17. The van der Waals surface area contributed by atoms with Crippen LogP contribution < -0.4 is 0 Å². The third kappa shape index (κ3) is 1.83. The fourth-order valence-corrected chi connectivity index (χ4v) is 1.02. The maximum atomic E-state index is 10.5. The SMILES string of the molecule is Cc1ccc(-c2nc(C(=O)O)no2)cn1. The normalized spacial score (nSPS) is 10.2. The van der Waals surface area contributed by atoms with Gasteiger partial charge in [-0.25, -0.2) is 4.79 Å². The van der Waals surface area contributed by atoms with E-state index in [0.29, 0.717) is 5.56 Å². The fraction of sp³-hybridized carbons (Fsp3) is 0.111. The molecule has 2 aromatic rings. The van der Waals surface area contributed by atoms with Crippen LogP contribution in [0.1, 0.15) is 16.3 Å². The van der Waals surface area contributed by atoms with Gasteiger partial charge in [-0.15, -0.1) is 0 Å². The Bertz CT molecular complexity index is 490. The van der Waals surface area contributed by atoms with Crippen molar-refractivity contribution >= 4 is 5.97 Å². The Labute approximate surface area is 84.6 Å². The molecule has 0 fully saturated rings. The summed E-state index contributed by atoms with van der Waals surface area (Å²) >= 11 is 0. The van der Waals surface area contributed by atoms with Gasteiger partial charge in [0, 0.05) is 11.9 Å². The summed E-state index contributed by atoms with van der Waals surface area (Å²) in [5, 5.41) is 11.9. The highest BCUT2D eigenvalue weighted by Crippen LogP contribution is 2.15. The lowest BCUT2D eigenvalue weighted by Crippen LogP contribution is -1.98. The molecule has 0 amide bonds. The number of hydrogen-bond donors (Lipinski definition) is 1.